The molecular formula is C12H14BrF2NO2. The van der Waals surface area contributed by atoms with Crippen LogP contribution in [0.2, 0.25) is 0 Å². The first-order valence-electron chi connectivity index (χ1n) is 5.43. The highest BCUT2D eigenvalue weighted by atomic mass is 79.9. The number of phenols is 1. The van der Waals surface area contributed by atoms with Crippen molar-refractivity contribution in [1.82, 2.24) is 4.90 Å². The molecule has 1 amide bonds. The summed E-state index contributed by atoms with van der Waals surface area (Å²) in [6.45, 7) is -0.366. The van der Waals surface area contributed by atoms with Crippen molar-refractivity contribution >= 4 is 21.8 Å². The van der Waals surface area contributed by atoms with E-state index >= 15 is 0 Å². The zero-order valence-corrected chi connectivity index (χ0v) is 11.2. The summed E-state index contributed by atoms with van der Waals surface area (Å²) in [5, 5.41) is 9.96. The Morgan fingerprint density at radius 2 is 2.06 bits per heavy atom. The van der Waals surface area contributed by atoms with Crippen molar-refractivity contribution in [3.8, 4) is 5.75 Å². The van der Waals surface area contributed by atoms with Crippen LogP contribution in [0, 0.1) is 0 Å². The number of hydrogen-bond acceptors (Lipinski definition) is 2. The molecule has 0 fully saturated rings. The van der Waals surface area contributed by atoms with Crippen molar-refractivity contribution in [2.24, 2.45) is 0 Å². The summed E-state index contributed by atoms with van der Waals surface area (Å²) in [6.07, 6.45) is -2.63. The maximum Gasteiger partial charge on any atom is 0.255 e. The first-order chi connectivity index (χ1) is 8.54. The molecule has 0 unspecified atom stereocenters. The number of carbonyl (C=O) groups is 1. The minimum atomic E-state index is -2.56. The Balaban J connectivity index is 2.69. The lowest BCUT2D eigenvalue weighted by Gasteiger charge is -2.21. The van der Waals surface area contributed by atoms with E-state index in [1.165, 1.54) is 6.07 Å². The highest BCUT2D eigenvalue weighted by molar-refractivity contribution is 9.09. The van der Waals surface area contributed by atoms with Crippen molar-refractivity contribution in [3.63, 3.8) is 0 Å². The maximum absolute atomic E-state index is 12.3. The molecule has 0 aliphatic rings. The summed E-state index contributed by atoms with van der Waals surface area (Å²) in [5.74, 6) is -0.419. The smallest absolute Gasteiger partial charge is 0.255 e. The van der Waals surface area contributed by atoms with E-state index in [0.29, 0.717) is 10.9 Å². The fourth-order valence-electron chi connectivity index (χ4n) is 1.52. The van der Waals surface area contributed by atoms with Crippen molar-refractivity contribution in [1.29, 1.82) is 0 Å². The number of rotatable bonds is 6. The van der Waals surface area contributed by atoms with E-state index in [-0.39, 0.29) is 18.7 Å². The standard InChI is InChI=1S/C12H14BrF2NO2/c13-5-6-16(8-11(14)15)12(18)7-9-3-1-2-4-10(9)17/h1-4,11,17H,5-8H2. The van der Waals surface area contributed by atoms with Crippen molar-refractivity contribution < 1.29 is 18.7 Å². The van der Waals surface area contributed by atoms with Gasteiger partial charge in [-0.05, 0) is 6.07 Å². The predicted molar refractivity (Wildman–Crippen MR) is 68.2 cm³/mol. The Labute approximate surface area is 113 Å². The van der Waals surface area contributed by atoms with Gasteiger partial charge in [0.25, 0.3) is 6.43 Å². The van der Waals surface area contributed by atoms with Crippen LogP contribution in [0.15, 0.2) is 24.3 Å². The lowest BCUT2D eigenvalue weighted by molar-refractivity contribution is -0.132. The van der Waals surface area contributed by atoms with Crippen LogP contribution in [0.3, 0.4) is 0 Å². The SMILES string of the molecule is O=C(Cc1ccccc1O)N(CCBr)CC(F)F. The van der Waals surface area contributed by atoms with Gasteiger partial charge in [-0.25, -0.2) is 8.78 Å². The van der Waals surface area contributed by atoms with Gasteiger partial charge in [-0.15, -0.1) is 0 Å². The number of amides is 1. The van der Waals surface area contributed by atoms with E-state index < -0.39 is 18.9 Å². The Kier molecular flexibility index (Phi) is 6.04. The third kappa shape index (κ3) is 4.60. The Hall–Kier alpha value is -1.17. The van der Waals surface area contributed by atoms with Gasteiger partial charge in [-0.2, -0.15) is 0 Å². The van der Waals surface area contributed by atoms with E-state index in [1.807, 2.05) is 0 Å². The maximum atomic E-state index is 12.3. The lowest BCUT2D eigenvalue weighted by atomic mass is 10.1. The van der Waals surface area contributed by atoms with Crippen LogP contribution >= 0.6 is 15.9 Å². The topological polar surface area (TPSA) is 40.5 Å². The van der Waals surface area contributed by atoms with Crippen LogP contribution in [-0.4, -0.2) is 40.8 Å². The van der Waals surface area contributed by atoms with Crippen LogP contribution in [0.25, 0.3) is 0 Å². The number of alkyl halides is 3. The van der Waals surface area contributed by atoms with Crippen LogP contribution in [0.4, 0.5) is 8.78 Å². The molecule has 0 heterocycles. The van der Waals surface area contributed by atoms with Gasteiger partial charge in [-0.3, -0.25) is 4.79 Å². The molecule has 0 aliphatic carbocycles. The summed E-state index contributed by atoms with van der Waals surface area (Å²) in [5.41, 5.74) is 0.441. The molecule has 1 rings (SSSR count). The number of aromatic hydroxyl groups is 1. The van der Waals surface area contributed by atoms with Crippen molar-refractivity contribution in [3.05, 3.63) is 29.8 Å². The van der Waals surface area contributed by atoms with Crippen LogP contribution < -0.4 is 0 Å². The molecule has 1 N–H and O–H groups in total. The molecule has 1 aromatic rings. The number of hydrogen-bond donors (Lipinski definition) is 1. The van der Waals surface area contributed by atoms with Gasteiger partial charge in [0, 0.05) is 17.4 Å². The minimum absolute atomic E-state index is 0.00156. The second kappa shape index (κ2) is 7.31. The molecule has 0 saturated heterocycles. The number of halogens is 3. The first-order valence-corrected chi connectivity index (χ1v) is 6.55. The quantitative estimate of drug-likeness (QED) is 0.817. The molecule has 0 radical (unpaired) electrons. The molecule has 0 bridgehead atoms. The predicted octanol–water partition coefficient (Wildman–Crippen LogP) is 2.42. The van der Waals surface area contributed by atoms with Crippen LogP contribution in [-0.2, 0) is 11.2 Å². The van der Waals surface area contributed by atoms with Crippen molar-refractivity contribution in [2.75, 3.05) is 18.4 Å². The van der Waals surface area contributed by atoms with Crippen molar-refractivity contribution in [2.45, 2.75) is 12.8 Å². The highest BCUT2D eigenvalue weighted by Crippen LogP contribution is 2.17. The first kappa shape index (κ1) is 14.9. The van der Waals surface area contributed by atoms with E-state index in [0.717, 1.165) is 4.90 Å². The molecule has 3 nitrogen and oxygen atoms in total. The third-order valence-corrected chi connectivity index (χ3v) is 2.75. The number of nitrogens with zero attached hydrogens (tertiary/aromatic N) is 1. The number of carbonyl (C=O) groups excluding carboxylic acids is 1. The summed E-state index contributed by atoms with van der Waals surface area (Å²) in [6, 6.07) is 6.38. The lowest BCUT2D eigenvalue weighted by Crippen LogP contribution is -2.37. The summed E-state index contributed by atoms with van der Waals surface area (Å²) >= 11 is 3.12. The van der Waals surface area contributed by atoms with Crippen LogP contribution in [0.5, 0.6) is 5.75 Å². The molecule has 6 heteroatoms. The van der Waals surface area contributed by atoms with E-state index in [2.05, 4.69) is 15.9 Å². The molecule has 0 spiro atoms. The molecule has 0 saturated carbocycles. The third-order valence-electron chi connectivity index (χ3n) is 2.40. The van der Waals surface area contributed by atoms with Gasteiger partial charge >= 0.3 is 0 Å². The van der Waals surface area contributed by atoms with Crippen LogP contribution in [0.1, 0.15) is 5.56 Å². The van der Waals surface area contributed by atoms with Gasteiger partial charge in [0.05, 0.1) is 13.0 Å². The Morgan fingerprint density at radius 3 is 2.61 bits per heavy atom. The second-order valence-electron chi connectivity index (χ2n) is 3.73. The zero-order valence-electron chi connectivity index (χ0n) is 9.65. The van der Waals surface area contributed by atoms with Gasteiger partial charge in [-0.1, -0.05) is 34.1 Å². The number of para-hydroxylation sites is 1. The van der Waals surface area contributed by atoms with E-state index in [9.17, 15) is 18.7 Å². The molecule has 0 aliphatic heterocycles. The van der Waals surface area contributed by atoms with Gasteiger partial charge in [0.1, 0.15) is 5.75 Å². The fraction of sp³-hybridized carbons (Fsp3) is 0.417. The zero-order chi connectivity index (χ0) is 13.5. The summed E-state index contributed by atoms with van der Waals surface area (Å²) < 4.78 is 24.7. The molecular weight excluding hydrogens is 308 g/mol. The Morgan fingerprint density at radius 1 is 1.39 bits per heavy atom. The number of phenolic OH excluding ortho intramolecular Hbond substituents is 1. The molecule has 1 aromatic carbocycles. The van der Waals surface area contributed by atoms with E-state index in [1.54, 1.807) is 18.2 Å². The largest absolute Gasteiger partial charge is 0.508 e. The summed E-state index contributed by atoms with van der Waals surface area (Å²) in [7, 11) is 0. The fourth-order valence-corrected chi connectivity index (χ4v) is 1.95. The normalized spacial score (nSPS) is 10.7. The molecule has 18 heavy (non-hydrogen) atoms. The second-order valence-corrected chi connectivity index (χ2v) is 4.52. The molecule has 0 aromatic heterocycles. The molecule has 0 atom stereocenters. The average Bonchev–Trinajstić information content (AvgIpc) is 2.31. The minimum Gasteiger partial charge on any atom is -0.508 e. The van der Waals surface area contributed by atoms with Gasteiger partial charge in [0.15, 0.2) is 0 Å². The van der Waals surface area contributed by atoms with E-state index in [4.69, 9.17) is 0 Å². The monoisotopic (exact) mass is 321 g/mol. The van der Waals surface area contributed by atoms with Gasteiger partial charge in [0.2, 0.25) is 5.91 Å². The Bertz CT molecular complexity index is 401. The summed E-state index contributed by atoms with van der Waals surface area (Å²) in [4.78, 5) is 12.9. The average molecular weight is 322 g/mol. The number of benzene rings is 1. The van der Waals surface area contributed by atoms with Gasteiger partial charge < -0.3 is 10.0 Å². The molecule has 100 valence electrons. The highest BCUT2D eigenvalue weighted by Gasteiger charge is 2.18.